The van der Waals surface area contributed by atoms with Crippen LogP contribution in [0.25, 0.3) is 0 Å². The van der Waals surface area contributed by atoms with Crippen molar-refractivity contribution in [2.45, 2.75) is 57.0 Å². The highest BCUT2D eigenvalue weighted by molar-refractivity contribution is 5.94. The molecule has 3 fully saturated rings. The van der Waals surface area contributed by atoms with Crippen molar-refractivity contribution in [3.63, 3.8) is 0 Å². The number of carbonyl (C=O) groups is 1. The van der Waals surface area contributed by atoms with E-state index >= 15 is 0 Å². The van der Waals surface area contributed by atoms with E-state index in [0.29, 0.717) is 23.1 Å². The topological polar surface area (TPSA) is 23.6 Å². The van der Waals surface area contributed by atoms with Gasteiger partial charge >= 0.3 is 0 Å². The van der Waals surface area contributed by atoms with Gasteiger partial charge in [0.25, 0.3) is 5.91 Å². The Kier molecular flexibility index (Phi) is 5.36. The summed E-state index contributed by atoms with van der Waals surface area (Å²) in [5.74, 6) is -0.389. The maximum atomic E-state index is 13.5. The molecule has 1 saturated carbocycles. The van der Waals surface area contributed by atoms with E-state index in [1.807, 2.05) is 4.90 Å². The largest absolute Gasteiger partial charge is 0.339 e. The van der Waals surface area contributed by atoms with E-state index in [2.05, 4.69) is 35.2 Å². The Balaban J connectivity index is 1.28. The first-order chi connectivity index (χ1) is 14.7. The summed E-state index contributed by atoms with van der Waals surface area (Å²) in [6, 6.07) is 18.2. The molecule has 2 aromatic rings. The molecule has 3 nitrogen and oxygen atoms in total. The Morgan fingerprint density at radius 2 is 1.67 bits per heavy atom. The van der Waals surface area contributed by atoms with Crippen molar-refractivity contribution in [1.29, 1.82) is 0 Å². The van der Waals surface area contributed by atoms with Crippen LogP contribution in [0.3, 0.4) is 0 Å². The number of piperidine rings is 1. The molecule has 2 aliphatic heterocycles. The minimum absolute atomic E-state index is 0.0417. The van der Waals surface area contributed by atoms with Gasteiger partial charge in [-0.15, -0.1) is 0 Å². The minimum Gasteiger partial charge on any atom is -0.339 e. The quantitative estimate of drug-likeness (QED) is 0.678. The number of carbonyl (C=O) groups excluding carboxylic acids is 1. The molecule has 1 spiro atoms. The van der Waals surface area contributed by atoms with Crippen molar-refractivity contribution in [3.05, 3.63) is 71.5 Å². The summed E-state index contributed by atoms with van der Waals surface area (Å²) < 4.78 is 13.5. The summed E-state index contributed by atoms with van der Waals surface area (Å²) in [6.45, 7) is 2.71. The van der Waals surface area contributed by atoms with E-state index in [-0.39, 0.29) is 11.7 Å². The molecule has 2 saturated heterocycles. The Morgan fingerprint density at radius 3 is 2.37 bits per heavy atom. The van der Waals surface area contributed by atoms with Crippen LogP contribution in [0.2, 0.25) is 0 Å². The molecule has 1 atom stereocenters. The third-order valence-corrected chi connectivity index (χ3v) is 7.67. The van der Waals surface area contributed by atoms with Crippen molar-refractivity contribution in [2.75, 3.05) is 19.6 Å². The van der Waals surface area contributed by atoms with Crippen molar-refractivity contribution < 1.29 is 9.18 Å². The first kappa shape index (κ1) is 19.7. The fourth-order valence-corrected chi connectivity index (χ4v) is 6.19. The van der Waals surface area contributed by atoms with Gasteiger partial charge in [0.1, 0.15) is 5.82 Å². The summed E-state index contributed by atoms with van der Waals surface area (Å²) in [7, 11) is 0. The average molecular weight is 407 g/mol. The van der Waals surface area contributed by atoms with Gasteiger partial charge in [0.05, 0.1) is 0 Å². The molecule has 158 valence electrons. The van der Waals surface area contributed by atoms with Gasteiger partial charge in [0, 0.05) is 42.7 Å². The summed E-state index contributed by atoms with van der Waals surface area (Å²) in [4.78, 5) is 17.4. The van der Waals surface area contributed by atoms with Crippen LogP contribution < -0.4 is 0 Å². The van der Waals surface area contributed by atoms with Gasteiger partial charge in [-0.05, 0) is 49.4 Å². The van der Waals surface area contributed by atoms with Crippen LogP contribution in [-0.2, 0) is 0 Å². The highest BCUT2D eigenvalue weighted by Gasteiger charge is 2.54. The molecule has 2 heterocycles. The van der Waals surface area contributed by atoms with Crippen LogP contribution in [0.15, 0.2) is 54.6 Å². The van der Waals surface area contributed by atoms with Gasteiger partial charge in [-0.2, -0.15) is 0 Å². The first-order valence-electron chi connectivity index (χ1n) is 11.5. The predicted octanol–water partition coefficient (Wildman–Crippen LogP) is 5.44. The lowest BCUT2D eigenvalue weighted by Crippen LogP contribution is -2.63. The predicted molar refractivity (Wildman–Crippen MR) is 117 cm³/mol. The smallest absolute Gasteiger partial charge is 0.253 e. The summed E-state index contributed by atoms with van der Waals surface area (Å²) >= 11 is 0. The van der Waals surface area contributed by atoms with Crippen LogP contribution in [0.4, 0.5) is 4.39 Å². The van der Waals surface area contributed by atoms with E-state index in [1.165, 1.54) is 56.3 Å². The van der Waals surface area contributed by atoms with Crippen LogP contribution in [0.1, 0.15) is 66.9 Å². The second kappa shape index (κ2) is 8.14. The molecule has 5 rings (SSSR count). The van der Waals surface area contributed by atoms with E-state index in [1.54, 1.807) is 12.1 Å². The van der Waals surface area contributed by atoms with Crippen LogP contribution >= 0.6 is 0 Å². The number of halogens is 1. The zero-order chi connectivity index (χ0) is 20.6. The Morgan fingerprint density at radius 1 is 0.933 bits per heavy atom. The molecule has 1 amide bonds. The normalized spacial score (nSPS) is 24.6. The third kappa shape index (κ3) is 3.56. The van der Waals surface area contributed by atoms with Crippen LogP contribution in [0, 0.1) is 11.2 Å². The van der Waals surface area contributed by atoms with Crippen molar-refractivity contribution >= 4 is 5.91 Å². The lowest BCUT2D eigenvalue weighted by Gasteiger charge is -2.63. The second-order valence-corrected chi connectivity index (χ2v) is 9.44. The highest BCUT2D eigenvalue weighted by atomic mass is 19.1. The molecule has 0 N–H and O–H groups in total. The lowest BCUT2D eigenvalue weighted by atomic mass is 9.60. The maximum absolute atomic E-state index is 13.5. The highest BCUT2D eigenvalue weighted by Crippen LogP contribution is 2.58. The monoisotopic (exact) mass is 406 g/mol. The lowest BCUT2D eigenvalue weighted by molar-refractivity contribution is -0.132. The van der Waals surface area contributed by atoms with Gasteiger partial charge in [-0.25, -0.2) is 4.39 Å². The molecular weight excluding hydrogens is 375 g/mol. The van der Waals surface area contributed by atoms with Gasteiger partial charge in [0.15, 0.2) is 0 Å². The number of hydrogen-bond acceptors (Lipinski definition) is 2. The molecule has 30 heavy (non-hydrogen) atoms. The Labute approximate surface area is 178 Å². The second-order valence-electron chi connectivity index (χ2n) is 9.44. The SMILES string of the molecule is O=C(c1cccc(F)c1)N1CCC(N2CC3(CCCCC3)[C@H]2c2ccccc2)CC1. The van der Waals surface area contributed by atoms with Crippen molar-refractivity contribution in [3.8, 4) is 0 Å². The number of amides is 1. The summed E-state index contributed by atoms with van der Waals surface area (Å²) in [5, 5.41) is 0. The van der Waals surface area contributed by atoms with E-state index in [9.17, 15) is 9.18 Å². The van der Waals surface area contributed by atoms with Crippen LogP contribution in [-0.4, -0.2) is 41.4 Å². The van der Waals surface area contributed by atoms with E-state index < -0.39 is 0 Å². The van der Waals surface area contributed by atoms with Gasteiger partial charge in [-0.1, -0.05) is 55.7 Å². The molecule has 2 aromatic carbocycles. The molecule has 0 unspecified atom stereocenters. The fourth-order valence-electron chi connectivity index (χ4n) is 6.19. The van der Waals surface area contributed by atoms with Gasteiger partial charge < -0.3 is 4.90 Å². The van der Waals surface area contributed by atoms with E-state index in [4.69, 9.17) is 0 Å². The van der Waals surface area contributed by atoms with Gasteiger partial charge in [0.2, 0.25) is 0 Å². The Bertz CT molecular complexity index is 885. The number of likely N-dealkylation sites (tertiary alicyclic amines) is 2. The molecule has 3 aliphatic rings. The zero-order valence-corrected chi connectivity index (χ0v) is 17.6. The van der Waals surface area contributed by atoms with Crippen LogP contribution in [0.5, 0.6) is 0 Å². The Hall–Kier alpha value is -2.20. The molecule has 0 aromatic heterocycles. The number of rotatable bonds is 3. The first-order valence-corrected chi connectivity index (χ1v) is 11.5. The number of benzene rings is 2. The van der Waals surface area contributed by atoms with Crippen molar-refractivity contribution in [1.82, 2.24) is 9.80 Å². The van der Waals surface area contributed by atoms with E-state index in [0.717, 1.165) is 25.9 Å². The third-order valence-electron chi connectivity index (χ3n) is 7.67. The molecule has 0 bridgehead atoms. The average Bonchev–Trinajstić information content (AvgIpc) is 2.79. The molecule has 1 aliphatic carbocycles. The number of hydrogen-bond donors (Lipinski definition) is 0. The number of nitrogens with zero attached hydrogens (tertiary/aromatic N) is 2. The standard InChI is InChI=1S/C26H31FN2O/c27-22-11-7-10-21(18-22)25(30)28-16-12-23(13-17-28)29-19-26(14-5-2-6-15-26)24(29)20-8-3-1-4-9-20/h1,3-4,7-11,18,23-24H,2,5-6,12-17,19H2/t24-/m1/s1. The fraction of sp³-hybridized carbons (Fsp3) is 0.500. The van der Waals surface area contributed by atoms with Crippen molar-refractivity contribution in [2.24, 2.45) is 5.41 Å². The summed E-state index contributed by atoms with van der Waals surface area (Å²) in [5.41, 5.74) is 2.37. The summed E-state index contributed by atoms with van der Waals surface area (Å²) in [6.07, 6.45) is 8.79. The zero-order valence-electron chi connectivity index (χ0n) is 17.6. The molecule has 0 radical (unpaired) electrons. The maximum Gasteiger partial charge on any atom is 0.253 e. The molecule has 4 heteroatoms. The molecular formula is C26H31FN2O. The minimum atomic E-state index is -0.347. The van der Waals surface area contributed by atoms with Gasteiger partial charge in [-0.3, -0.25) is 9.69 Å².